The maximum absolute atomic E-state index is 10.2. The summed E-state index contributed by atoms with van der Waals surface area (Å²) >= 11 is 0. The standard InChI is InChI=1S/C14H16O3/c1-9-7-11(8-10(2)14(9)16-3)13(15)12-5-4-6-17-12/h4-8,13,15H,1-3H3/t13-/m1/s1. The summed E-state index contributed by atoms with van der Waals surface area (Å²) in [5.41, 5.74) is 2.83. The van der Waals surface area contributed by atoms with Gasteiger partial charge in [0.15, 0.2) is 0 Å². The van der Waals surface area contributed by atoms with E-state index < -0.39 is 6.10 Å². The van der Waals surface area contributed by atoms with E-state index in [0.717, 1.165) is 22.4 Å². The zero-order valence-corrected chi connectivity index (χ0v) is 10.2. The maximum Gasteiger partial charge on any atom is 0.137 e. The van der Waals surface area contributed by atoms with Gasteiger partial charge in [-0.3, -0.25) is 0 Å². The Balaban J connectivity index is 2.40. The molecule has 0 amide bonds. The lowest BCUT2D eigenvalue weighted by molar-refractivity contribution is 0.189. The van der Waals surface area contributed by atoms with Crippen LogP contribution in [-0.2, 0) is 0 Å². The Kier molecular flexibility index (Phi) is 3.20. The molecule has 1 atom stereocenters. The number of aryl methyl sites for hydroxylation is 2. The van der Waals surface area contributed by atoms with E-state index in [2.05, 4.69) is 0 Å². The topological polar surface area (TPSA) is 42.6 Å². The molecule has 0 saturated heterocycles. The van der Waals surface area contributed by atoms with Crippen LogP contribution in [0.4, 0.5) is 0 Å². The van der Waals surface area contributed by atoms with E-state index in [9.17, 15) is 5.11 Å². The molecule has 1 aromatic heterocycles. The Morgan fingerprint density at radius 2 is 1.88 bits per heavy atom. The highest BCUT2D eigenvalue weighted by atomic mass is 16.5. The van der Waals surface area contributed by atoms with E-state index in [0.29, 0.717) is 5.76 Å². The normalized spacial score (nSPS) is 12.5. The van der Waals surface area contributed by atoms with Crippen LogP contribution in [0.5, 0.6) is 5.75 Å². The minimum atomic E-state index is -0.728. The molecule has 3 nitrogen and oxygen atoms in total. The fourth-order valence-electron chi connectivity index (χ4n) is 2.07. The molecule has 0 aliphatic rings. The average Bonchev–Trinajstić information content (AvgIpc) is 2.81. The fraction of sp³-hybridized carbons (Fsp3) is 0.286. The quantitative estimate of drug-likeness (QED) is 0.884. The Bertz CT molecular complexity index is 477. The third kappa shape index (κ3) is 2.19. The second-order valence-corrected chi connectivity index (χ2v) is 4.11. The van der Waals surface area contributed by atoms with Gasteiger partial charge in [-0.25, -0.2) is 0 Å². The summed E-state index contributed by atoms with van der Waals surface area (Å²) in [4.78, 5) is 0. The van der Waals surface area contributed by atoms with Crippen LogP contribution in [0.2, 0.25) is 0 Å². The van der Waals surface area contributed by atoms with Crippen LogP contribution in [0.1, 0.15) is 28.6 Å². The molecule has 0 fully saturated rings. The Labute approximate surface area is 101 Å². The van der Waals surface area contributed by atoms with Crippen LogP contribution in [-0.4, -0.2) is 12.2 Å². The van der Waals surface area contributed by atoms with Crippen molar-refractivity contribution < 1.29 is 14.3 Å². The van der Waals surface area contributed by atoms with Crippen LogP contribution in [0.25, 0.3) is 0 Å². The number of benzene rings is 1. The largest absolute Gasteiger partial charge is 0.496 e. The van der Waals surface area contributed by atoms with Crippen molar-refractivity contribution in [3.63, 3.8) is 0 Å². The predicted octanol–water partition coefficient (Wildman–Crippen LogP) is 2.99. The van der Waals surface area contributed by atoms with Gasteiger partial charge >= 0.3 is 0 Å². The van der Waals surface area contributed by atoms with Crippen LogP contribution in [0, 0.1) is 13.8 Å². The third-order valence-electron chi connectivity index (χ3n) is 2.82. The molecular weight excluding hydrogens is 216 g/mol. The molecule has 0 bridgehead atoms. The maximum atomic E-state index is 10.2. The second-order valence-electron chi connectivity index (χ2n) is 4.11. The van der Waals surface area contributed by atoms with Gasteiger partial charge in [-0.15, -0.1) is 0 Å². The third-order valence-corrected chi connectivity index (χ3v) is 2.82. The number of hydrogen-bond acceptors (Lipinski definition) is 3. The van der Waals surface area contributed by atoms with Crippen molar-refractivity contribution in [3.05, 3.63) is 53.0 Å². The van der Waals surface area contributed by atoms with Crippen LogP contribution in [0.3, 0.4) is 0 Å². The molecule has 1 N–H and O–H groups in total. The molecule has 1 heterocycles. The summed E-state index contributed by atoms with van der Waals surface area (Å²) in [6.07, 6.45) is 0.829. The monoisotopic (exact) mass is 232 g/mol. The van der Waals surface area contributed by atoms with Gasteiger partial charge in [0.1, 0.15) is 17.6 Å². The molecule has 0 aliphatic heterocycles. The van der Waals surface area contributed by atoms with Crippen LogP contribution < -0.4 is 4.74 Å². The Morgan fingerprint density at radius 1 is 1.24 bits per heavy atom. The molecule has 0 spiro atoms. The van der Waals surface area contributed by atoms with Crippen molar-refractivity contribution in [1.82, 2.24) is 0 Å². The predicted molar refractivity (Wildman–Crippen MR) is 65.2 cm³/mol. The summed E-state index contributed by atoms with van der Waals surface area (Å²) in [5, 5.41) is 10.2. The summed E-state index contributed by atoms with van der Waals surface area (Å²) in [6, 6.07) is 7.36. The van der Waals surface area contributed by atoms with Crippen molar-refractivity contribution in [2.24, 2.45) is 0 Å². The van der Waals surface area contributed by atoms with E-state index in [4.69, 9.17) is 9.15 Å². The van der Waals surface area contributed by atoms with Crippen molar-refractivity contribution in [3.8, 4) is 5.75 Å². The molecule has 0 saturated carbocycles. The number of ether oxygens (including phenoxy) is 1. The molecule has 3 heteroatoms. The van der Waals surface area contributed by atoms with Gasteiger partial charge in [0, 0.05) is 0 Å². The number of aliphatic hydroxyl groups excluding tert-OH is 1. The lowest BCUT2D eigenvalue weighted by atomic mass is 10.0. The second kappa shape index (κ2) is 4.63. The number of methoxy groups -OCH3 is 1. The van der Waals surface area contributed by atoms with Crippen LogP contribution in [0.15, 0.2) is 34.9 Å². The zero-order chi connectivity index (χ0) is 12.4. The summed E-state index contributed by atoms with van der Waals surface area (Å²) in [7, 11) is 1.65. The van der Waals surface area contributed by atoms with Crippen molar-refractivity contribution >= 4 is 0 Å². The molecule has 2 rings (SSSR count). The first-order valence-electron chi connectivity index (χ1n) is 5.50. The molecule has 17 heavy (non-hydrogen) atoms. The van der Waals surface area contributed by atoms with Crippen molar-refractivity contribution in [1.29, 1.82) is 0 Å². The molecule has 2 aromatic rings. The Hall–Kier alpha value is -1.74. The summed E-state index contributed by atoms with van der Waals surface area (Å²) < 4.78 is 10.5. The summed E-state index contributed by atoms with van der Waals surface area (Å²) in [6.45, 7) is 3.92. The summed E-state index contributed by atoms with van der Waals surface area (Å²) in [5.74, 6) is 1.41. The van der Waals surface area contributed by atoms with E-state index in [-0.39, 0.29) is 0 Å². The number of hydrogen-bond donors (Lipinski definition) is 1. The van der Waals surface area contributed by atoms with Gasteiger partial charge in [0.2, 0.25) is 0 Å². The van der Waals surface area contributed by atoms with Crippen molar-refractivity contribution in [2.75, 3.05) is 7.11 Å². The van der Waals surface area contributed by atoms with Crippen molar-refractivity contribution in [2.45, 2.75) is 20.0 Å². The molecule has 1 aromatic carbocycles. The molecule has 0 aliphatic carbocycles. The number of rotatable bonds is 3. The fourth-order valence-corrected chi connectivity index (χ4v) is 2.07. The minimum Gasteiger partial charge on any atom is -0.496 e. The van der Waals surface area contributed by atoms with E-state index in [1.807, 2.05) is 26.0 Å². The smallest absolute Gasteiger partial charge is 0.137 e. The molecule has 90 valence electrons. The van der Waals surface area contributed by atoms with Gasteiger partial charge in [-0.2, -0.15) is 0 Å². The molecule has 0 unspecified atom stereocenters. The van der Waals surface area contributed by atoms with E-state index >= 15 is 0 Å². The highest BCUT2D eigenvalue weighted by Crippen LogP contribution is 2.30. The van der Waals surface area contributed by atoms with Gasteiger partial charge in [-0.1, -0.05) is 0 Å². The highest BCUT2D eigenvalue weighted by molar-refractivity contribution is 5.44. The number of furan rings is 1. The lowest BCUT2D eigenvalue weighted by Crippen LogP contribution is -2.01. The van der Waals surface area contributed by atoms with E-state index in [1.165, 1.54) is 0 Å². The minimum absolute atomic E-state index is 0.550. The first kappa shape index (κ1) is 11.7. The molecular formula is C14H16O3. The zero-order valence-electron chi connectivity index (χ0n) is 10.2. The van der Waals surface area contributed by atoms with Gasteiger partial charge in [0.25, 0.3) is 0 Å². The van der Waals surface area contributed by atoms with Crippen LogP contribution >= 0.6 is 0 Å². The van der Waals surface area contributed by atoms with Gasteiger partial charge < -0.3 is 14.3 Å². The highest BCUT2D eigenvalue weighted by Gasteiger charge is 2.15. The molecule has 0 radical (unpaired) electrons. The number of aliphatic hydroxyl groups is 1. The first-order valence-corrected chi connectivity index (χ1v) is 5.50. The SMILES string of the molecule is COc1c(C)cc([C@@H](O)c2ccco2)cc1C. The first-order chi connectivity index (χ1) is 8.13. The lowest BCUT2D eigenvalue weighted by Gasteiger charge is -2.14. The van der Waals surface area contributed by atoms with Gasteiger partial charge in [0.05, 0.1) is 13.4 Å². The Morgan fingerprint density at radius 3 is 2.35 bits per heavy atom. The van der Waals surface area contributed by atoms with E-state index in [1.54, 1.807) is 25.5 Å². The average molecular weight is 232 g/mol. The van der Waals surface area contributed by atoms with Gasteiger partial charge in [-0.05, 0) is 54.8 Å².